The predicted octanol–water partition coefficient (Wildman–Crippen LogP) is 5.08. The van der Waals surface area contributed by atoms with Crippen molar-refractivity contribution < 1.29 is 8.78 Å². The Labute approximate surface area is 130 Å². The summed E-state index contributed by atoms with van der Waals surface area (Å²) in [6.07, 6.45) is 0.349. The topological polar surface area (TPSA) is 26.0 Å². The van der Waals surface area contributed by atoms with Gasteiger partial charge in [-0.3, -0.25) is 0 Å². The molecule has 0 saturated heterocycles. The first kappa shape index (κ1) is 14.4. The van der Waals surface area contributed by atoms with Crippen LogP contribution in [0.2, 0.25) is 5.02 Å². The summed E-state index contributed by atoms with van der Waals surface area (Å²) in [6, 6.07) is 10.6. The van der Waals surface area contributed by atoms with Gasteiger partial charge in [-0.05, 0) is 59.8 Å². The molecule has 108 valence electrons. The molecule has 21 heavy (non-hydrogen) atoms. The smallest absolute Gasteiger partial charge is 0.126 e. The zero-order chi connectivity index (χ0) is 15.0. The van der Waals surface area contributed by atoms with Gasteiger partial charge in [-0.25, -0.2) is 8.78 Å². The SMILES string of the molecule is NC(Cc1cc(Cl)ccc1F)c1cc2cc(F)ccc2s1. The van der Waals surface area contributed by atoms with Crippen molar-refractivity contribution in [1.29, 1.82) is 0 Å². The van der Waals surface area contributed by atoms with Gasteiger partial charge in [-0.15, -0.1) is 11.3 Å². The lowest BCUT2D eigenvalue weighted by molar-refractivity contribution is 0.595. The summed E-state index contributed by atoms with van der Waals surface area (Å²) in [6.45, 7) is 0. The minimum atomic E-state index is -0.349. The molecule has 0 amide bonds. The number of fused-ring (bicyclic) bond motifs is 1. The average molecular weight is 324 g/mol. The van der Waals surface area contributed by atoms with Gasteiger partial charge < -0.3 is 5.73 Å². The summed E-state index contributed by atoms with van der Waals surface area (Å²) in [5.41, 5.74) is 6.64. The first-order valence-corrected chi connectivity index (χ1v) is 7.61. The minimum Gasteiger partial charge on any atom is -0.323 e. The molecule has 0 aliphatic heterocycles. The van der Waals surface area contributed by atoms with Crippen LogP contribution >= 0.6 is 22.9 Å². The lowest BCUT2D eigenvalue weighted by Gasteiger charge is -2.10. The Kier molecular flexibility index (Phi) is 3.93. The Bertz CT molecular complexity index is 800. The summed E-state index contributed by atoms with van der Waals surface area (Å²) >= 11 is 7.38. The average Bonchev–Trinajstić information content (AvgIpc) is 2.86. The maximum atomic E-state index is 13.7. The van der Waals surface area contributed by atoms with Crippen LogP contribution in [0.25, 0.3) is 10.1 Å². The summed E-state index contributed by atoms with van der Waals surface area (Å²) < 4.78 is 27.9. The predicted molar refractivity (Wildman–Crippen MR) is 83.8 cm³/mol. The van der Waals surface area contributed by atoms with Crippen molar-refractivity contribution in [2.75, 3.05) is 0 Å². The first-order valence-electron chi connectivity index (χ1n) is 6.41. The molecule has 0 spiro atoms. The molecule has 0 bridgehead atoms. The van der Waals surface area contributed by atoms with Gasteiger partial charge in [0.05, 0.1) is 0 Å². The molecule has 1 nitrogen and oxygen atoms in total. The van der Waals surface area contributed by atoms with Crippen molar-refractivity contribution in [3.8, 4) is 0 Å². The summed E-state index contributed by atoms with van der Waals surface area (Å²) in [7, 11) is 0. The van der Waals surface area contributed by atoms with E-state index in [9.17, 15) is 8.78 Å². The van der Waals surface area contributed by atoms with E-state index in [0.29, 0.717) is 17.0 Å². The molecule has 1 heterocycles. The molecular formula is C16H12ClF2NS. The zero-order valence-corrected chi connectivity index (χ0v) is 12.5. The fourth-order valence-corrected chi connectivity index (χ4v) is 3.50. The third kappa shape index (κ3) is 3.07. The highest BCUT2D eigenvalue weighted by Crippen LogP contribution is 2.31. The highest BCUT2D eigenvalue weighted by Gasteiger charge is 2.14. The summed E-state index contributed by atoms with van der Waals surface area (Å²) in [5, 5.41) is 1.30. The third-order valence-electron chi connectivity index (χ3n) is 3.31. The number of hydrogen-bond donors (Lipinski definition) is 1. The van der Waals surface area contributed by atoms with Gasteiger partial charge >= 0.3 is 0 Å². The van der Waals surface area contributed by atoms with Gasteiger partial charge in [0.1, 0.15) is 11.6 Å². The van der Waals surface area contributed by atoms with Crippen molar-refractivity contribution in [2.24, 2.45) is 5.73 Å². The quantitative estimate of drug-likeness (QED) is 0.715. The van der Waals surface area contributed by atoms with Crippen molar-refractivity contribution >= 4 is 33.0 Å². The van der Waals surface area contributed by atoms with Crippen LogP contribution < -0.4 is 5.73 Å². The molecule has 5 heteroatoms. The first-order chi connectivity index (χ1) is 10.0. The Morgan fingerprint density at radius 1 is 1.10 bits per heavy atom. The van der Waals surface area contributed by atoms with E-state index in [4.69, 9.17) is 17.3 Å². The highest BCUT2D eigenvalue weighted by molar-refractivity contribution is 7.19. The zero-order valence-electron chi connectivity index (χ0n) is 10.9. The maximum Gasteiger partial charge on any atom is 0.126 e. The van der Waals surface area contributed by atoms with Gasteiger partial charge in [0.25, 0.3) is 0 Å². The van der Waals surface area contributed by atoms with E-state index < -0.39 is 0 Å². The lowest BCUT2D eigenvalue weighted by Crippen LogP contribution is -2.12. The van der Waals surface area contributed by atoms with Crippen LogP contribution in [0, 0.1) is 11.6 Å². The molecule has 0 saturated carbocycles. The van der Waals surface area contributed by atoms with Crippen LogP contribution in [0.1, 0.15) is 16.5 Å². The Balaban J connectivity index is 1.89. The fraction of sp³-hybridized carbons (Fsp3) is 0.125. The standard InChI is InChI=1S/C16H12ClF2NS/c17-11-1-3-13(19)9(5-11)7-14(20)16-8-10-6-12(18)2-4-15(10)21-16/h1-6,8,14H,7,20H2. The van der Waals surface area contributed by atoms with Gasteiger partial charge in [-0.1, -0.05) is 11.6 Å². The van der Waals surface area contributed by atoms with Crippen LogP contribution in [0.4, 0.5) is 8.78 Å². The van der Waals surface area contributed by atoms with Crippen LogP contribution in [0.3, 0.4) is 0 Å². The molecule has 1 aromatic heterocycles. The second-order valence-electron chi connectivity index (χ2n) is 4.88. The van der Waals surface area contributed by atoms with E-state index in [1.807, 2.05) is 6.07 Å². The minimum absolute atomic E-state index is 0.277. The Hall–Kier alpha value is -1.49. The summed E-state index contributed by atoms with van der Waals surface area (Å²) in [4.78, 5) is 0.898. The largest absolute Gasteiger partial charge is 0.323 e. The second-order valence-corrected chi connectivity index (χ2v) is 6.43. The van der Waals surface area contributed by atoms with Gasteiger partial charge in [0.2, 0.25) is 0 Å². The van der Waals surface area contributed by atoms with E-state index >= 15 is 0 Å². The van der Waals surface area contributed by atoms with Crippen molar-refractivity contribution in [1.82, 2.24) is 0 Å². The number of benzene rings is 2. The molecular weight excluding hydrogens is 312 g/mol. The normalized spacial score (nSPS) is 12.8. The highest BCUT2D eigenvalue weighted by atomic mass is 35.5. The van der Waals surface area contributed by atoms with E-state index in [1.165, 1.54) is 35.6 Å². The molecule has 2 aromatic carbocycles. The number of halogens is 3. The molecule has 0 aliphatic carbocycles. The third-order valence-corrected chi connectivity index (χ3v) is 4.79. The second kappa shape index (κ2) is 5.72. The van der Waals surface area contributed by atoms with E-state index in [1.54, 1.807) is 12.1 Å². The molecule has 0 radical (unpaired) electrons. The van der Waals surface area contributed by atoms with Crippen LogP contribution in [0.5, 0.6) is 0 Å². The van der Waals surface area contributed by atoms with Crippen molar-refractivity contribution in [3.63, 3.8) is 0 Å². The van der Waals surface area contributed by atoms with E-state index in [2.05, 4.69) is 0 Å². The molecule has 1 atom stereocenters. The maximum absolute atomic E-state index is 13.7. The Morgan fingerprint density at radius 2 is 1.90 bits per heavy atom. The van der Waals surface area contributed by atoms with E-state index in [-0.39, 0.29) is 17.7 Å². The molecule has 1 unspecified atom stereocenters. The molecule has 2 N–H and O–H groups in total. The van der Waals surface area contributed by atoms with Crippen LogP contribution in [-0.4, -0.2) is 0 Å². The number of nitrogens with two attached hydrogens (primary N) is 1. The van der Waals surface area contributed by atoms with Crippen molar-refractivity contribution in [3.05, 3.63) is 69.6 Å². The Morgan fingerprint density at radius 3 is 2.71 bits per heavy atom. The van der Waals surface area contributed by atoms with Gasteiger partial charge in [0.15, 0.2) is 0 Å². The molecule has 0 aliphatic rings. The lowest BCUT2D eigenvalue weighted by atomic mass is 10.0. The van der Waals surface area contributed by atoms with Gasteiger partial charge in [-0.2, -0.15) is 0 Å². The van der Waals surface area contributed by atoms with Gasteiger partial charge in [0, 0.05) is 20.6 Å². The fourth-order valence-electron chi connectivity index (χ4n) is 2.25. The molecule has 3 rings (SSSR count). The number of rotatable bonds is 3. The van der Waals surface area contributed by atoms with Crippen LogP contribution in [0.15, 0.2) is 42.5 Å². The molecule has 0 fully saturated rings. The summed E-state index contributed by atoms with van der Waals surface area (Å²) in [5.74, 6) is -0.594. The molecule has 3 aromatic rings. The van der Waals surface area contributed by atoms with E-state index in [0.717, 1.165) is 15.0 Å². The number of hydrogen-bond acceptors (Lipinski definition) is 2. The van der Waals surface area contributed by atoms with Crippen molar-refractivity contribution in [2.45, 2.75) is 12.5 Å². The number of thiophene rings is 1. The monoisotopic (exact) mass is 323 g/mol. The van der Waals surface area contributed by atoms with Crippen LogP contribution in [-0.2, 0) is 6.42 Å².